The third kappa shape index (κ3) is 8.42. The Hall–Kier alpha value is -3.20. The molecule has 1 unspecified atom stereocenters. The van der Waals surface area contributed by atoms with Gasteiger partial charge in [0.2, 0.25) is 0 Å². The number of halogens is 1. The van der Waals surface area contributed by atoms with Gasteiger partial charge in [-0.1, -0.05) is 23.4 Å². The highest BCUT2D eigenvalue weighted by atomic mass is 35.5. The quantitative estimate of drug-likeness (QED) is 0.285. The molecule has 1 aliphatic heterocycles. The van der Waals surface area contributed by atoms with Crippen LogP contribution in [0.1, 0.15) is 52.5 Å². The summed E-state index contributed by atoms with van der Waals surface area (Å²) in [5, 5.41) is 16.1. The number of hydrogen-bond donors (Lipinski definition) is 2. The molecule has 3 N–H and O–H groups in total. The first kappa shape index (κ1) is 30.0. The van der Waals surface area contributed by atoms with Gasteiger partial charge in [-0.2, -0.15) is 12.7 Å². The fraction of sp³-hybridized carbons (Fsp3) is 0.455. The lowest BCUT2D eigenvalue weighted by Crippen LogP contribution is -2.36. The van der Waals surface area contributed by atoms with E-state index in [2.05, 4.69) is 15.0 Å². The highest BCUT2D eigenvalue weighted by Gasteiger charge is 2.30. The van der Waals surface area contributed by atoms with Crippen molar-refractivity contribution in [1.29, 1.82) is 0 Å². The molecule has 0 fully saturated rings. The van der Waals surface area contributed by atoms with Crippen molar-refractivity contribution in [1.82, 2.24) is 19.3 Å². The molecule has 2 heterocycles. The Morgan fingerprint density at radius 3 is 2.70 bits per heavy atom. The molecule has 0 spiro atoms. The summed E-state index contributed by atoms with van der Waals surface area (Å²) in [6.07, 6.45) is 4.06. The number of rotatable bonds is 12. The summed E-state index contributed by atoms with van der Waals surface area (Å²) in [5.74, 6) is -1.67. The van der Waals surface area contributed by atoms with Gasteiger partial charge >= 0.3 is 22.2 Å². The number of ether oxygens (including phenoxy) is 2. The smallest absolute Gasteiger partial charge is 0.388 e. The number of carboxylic acids is 1. The van der Waals surface area contributed by atoms with Crippen molar-refractivity contribution in [2.75, 3.05) is 20.3 Å². The number of unbranched alkanes of at least 4 members (excludes halogenated alkanes) is 1. The molecule has 1 atom stereocenters. The third-order valence-electron chi connectivity index (χ3n) is 5.51. The van der Waals surface area contributed by atoms with E-state index in [9.17, 15) is 18.0 Å². The molecular formula is C22H30ClN5O8S. The van der Waals surface area contributed by atoms with Crippen molar-refractivity contribution in [2.24, 2.45) is 5.73 Å². The molecule has 37 heavy (non-hydrogen) atoms. The predicted octanol–water partition coefficient (Wildman–Crippen LogP) is 1.68. The van der Waals surface area contributed by atoms with Crippen LogP contribution >= 0.6 is 12.4 Å². The van der Waals surface area contributed by atoms with Crippen LogP contribution in [0.4, 0.5) is 0 Å². The molecule has 2 aromatic rings. The highest BCUT2D eigenvalue weighted by Crippen LogP contribution is 2.24. The third-order valence-corrected chi connectivity index (χ3v) is 6.80. The predicted molar refractivity (Wildman–Crippen MR) is 133 cm³/mol. The lowest BCUT2D eigenvalue weighted by atomic mass is 9.99. The Kier molecular flexibility index (Phi) is 10.9. The topological polar surface area (TPSA) is 176 Å². The van der Waals surface area contributed by atoms with Crippen LogP contribution in [-0.4, -0.2) is 65.0 Å². The van der Waals surface area contributed by atoms with Gasteiger partial charge in [-0.3, -0.25) is 9.48 Å². The largest absolute Gasteiger partial charge is 0.476 e. The number of methoxy groups -OCH3 is 1. The summed E-state index contributed by atoms with van der Waals surface area (Å²) in [4.78, 5) is 22.3. The zero-order chi connectivity index (χ0) is 26.3. The van der Waals surface area contributed by atoms with Crippen LogP contribution in [0.5, 0.6) is 0 Å². The Morgan fingerprint density at radius 1 is 1.30 bits per heavy atom. The van der Waals surface area contributed by atoms with Gasteiger partial charge in [0.1, 0.15) is 0 Å². The molecule has 15 heteroatoms. The van der Waals surface area contributed by atoms with Crippen molar-refractivity contribution >= 4 is 34.6 Å². The molecule has 0 saturated carbocycles. The second-order valence-corrected chi connectivity index (χ2v) is 9.70. The maximum atomic E-state index is 12.7. The number of carbonyl (C=O) groups is 2. The second-order valence-electron chi connectivity index (χ2n) is 8.16. The first-order valence-corrected chi connectivity index (χ1v) is 12.5. The molecule has 1 aromatic heterocycles. The van der Waals surface area contributed by atoms with Gasteiger partial charge in [0.05, 0.1) is 26.3 Å². The number of benzene rings is 1. The fourth-order valence-electron chi connectivity index (χ4n) is 3.40. The minimum Gasteiger partial charge on any atom is -0.476 e. The van der Waals surface area contributed by atoms with Gasteiger partial charge in [-0.05, 0) is 36.5 Å². The monoisotopic (exact) mass is 559 g/mol. The van der Waals surface area contributed by atoms with Crippen molar-refractivity contribution in [3.63, 3.8) is 0 Å². The van der Waals surface area contributed by atoms with E-state index in [1.54, 1.807) is 18.2 Å². The van der Waals surface area contributed by atoms with Crippen LogP contribution in [0.2, 0.25) is 0 Å². The molecule has 1 aromatic carbocycles. The van der Waals surface area contributed by atoms with Gasteiger partial charge < -0.3 is 24.5 Å². The summed E-state index contributed by atoms with van der Waals surface area (Å²) < 4.78 is 43.1. The maximum Gasteiger partial charge on any atom is 0.388 e. The van der Waals surface area contributed by atoms with Crippen molar-refractivity contribution < 1.29 is 36.8 Å². The molecule has 3 rings (SSSR count). The van der Waals surface area contributed by atoms with E-state index < -0.39 is 28.3 Å². The van der Waals surface area contributed by atoms with E-state index in [0.717, 1.165) is 11.1 Å². The van der Waals surface area contributed by atoms with Crippen LogP contribution in [0.15, 0.2) is 36.4 Å². The van der Waals surface area contributed by atoms with Crippen molar-refractivity contribution in [2.45, 2.75) is 45.3 Å². The number of nitrogens with two attached hydrogens (primary N) is 1. The highest BCUT2D eigenvalue weighted by molar-refractivity contribution is 7.84. The van der Waals surface area contributed by atoms with Crippen LogP contribution in [-0.2, 0) is 41.8 Å². The number of esters is 1. The van der Waals surface area contributed by atoms with Crippen LogP contribution in [0, 0.1) is 6.92 Å². The van der Waals surface area contributed by atoms with Gasteiger partial charge in [-0.15, -0.1) is 17.5 Å². The Labute approximate surface area is 220 Å². The molecule has 1 aliphatic rings. The summed E-state index contributed by atoms with van der Waals surface area (Å²) in [6.45, 7) is 2.63. The number of carbonyl (C=O) groups excluding carboxylic acids is 1. The number of carboxylic acid groups (broad SMARTS) is 1. The standard InChI is InChI=1S/C22H29N5O8S.ClH/c1-15-5-6-16(18(23)12-20(28)33-2)11-17(15)13-27-9-7-21(35-36(27,31)32)34-10-4-3-8-26-14-19(22(29)30)24-25-26;/h5-7,11,14,18H,3-4,8-10,12-13,23H2,1-2H3,(H,29,30);1H. The summed E-state index contributed by atoms with van der Waals surface area (Å²) in [7, 11) is -2.79. The normalized spacial score (nSPS) is 15.6. The molecule has 0 amide bonds. The number of aromatic nitrogens is 3. The zero-order valence-electron chi connectivity index (χ0n) is 20.4. The molecule has 0 bridgehead atoms. The molecule has 0 radical (unpaired) electrons. The number of nitrogens with zero attached hydrogens (tertiary/aromatic N) is 4. The van der Waals surface area contributed by atoms with Gasteiger partial charge in [0.15, 0.2) is 5.69 Å². The zero-order valence-corrected chi connectivity index (χ0v) is 22.0. The summed E-state index contributed by atoms with van der Waals surface area (Å²) in [6, 6.07) is 4.83. The lowest BCUT2D eigenvalue weighted by Gasteiger charge is -2.26. The van der Waals surface area contributed by atoms with E-state index in [1.165, 1.54) is 22.3 Å². The Balaban J connectivity index is 0.00000481. The van der Waals surface area contributed by atoms with Crippen LogP contribution < -0.4 is 5.73 Å². The first-order chi connectivity index (χ1) is 17.1. The van der Waals surface area contributed by atoms with Gasteiger partial charge in [0.25, 0.3) is 5.95 Å². The molecule has 0 saturated heterocycles. The second kappa shape index (κ2) is 13.4. The minimum atomic E-state index is -4.08. The van der Waals surface area contributed by atoms with E-state index in [0.29, 0.717) is 24.9 Å². The average molecular weight is 560 g/mol. The first-order valence-electron chi connectivity index (χ1n) is 11.2. The van der Waals surface area contributed by atoms with Crippen LogP contribution in [0.3, 0.4) is 0 Å². The molecule has 0 aliphatic carbocycles. The SMILES string of the molecule is COC(=O)CC(N)c1ccc(C)c(CN2CC=C(OCCCCn3cc(C(=O)O)nn3)OS2(=O)=O)c1.Cl. The van der Waals surface area contributed by atoms with E-state index in [1.807, 2.05) is 13.0 Å². The fourth-order valence-corrected chi connectivity index (χ4v) is 4.39. The van der Waals surface area contributed by atoms with Crippen molar-refractivity contribution in [3.05, 3.63) is 58.8 Å². The van der Waals surface area contributed by atoms with Gasteiger partial charge in [0, 0.05) is 31.8 Å². The lowest BCUT2D eigenvalue weighted by molar-refractivity contribution is -0.141. The Morgan fingerprint density at radius 2 is 2.05 bits per heavy atom. The van der Waals surface area contributed by atoms with Crippen LogP contribution in [0.25, 0.3) is 0 Å². The number of aromatic carboxylic acids is 1. The molecule has 13 nitrogen and oxygen atoms in total. The Bertz CT molecular complexity index is 1230. The van der Waals surface area contributed by atoms with E-state index in [-0.39, 0.29) is 50.2 Å². The maximum absolute atomic E-state index is 12.7. The van der Waals surface area contributed by atoms with E-state index in [4.69, 9.17) is 19.8 Å². The van der Waals surface area contributed by atoms with Crippen molar-refractivity contribution in [3.8, 4) is 0 Å². The minimum absolute atomic E-state index is 0. The summed E-state index contributed by atoms with van der Waals surface area (Å²) >= 11 is 0. The number of hydrogen-bond acceptors (Lipinski definition) is 10. The summed E-state index contributed by atoms with van der Waals surface area (Å²) in [5.41, 5.74) is 8.26. The molecular weight excluding hydrogens is 530 g/mol. The number of aryl methyl sites for hydroxylation is 2. The van der Waals surface area contributed by atoms with E-state index >= 15 is 0 Å². The van der Waals surface area contributed by atoms with Gasteiger partial charge in [-0.25, -0.2) is 4.79 Å². The average Bonchev–Trinajstić information content (AvgIpc) is 3.30. The molecule has 204 valence electrons.